The van der Waals surface area contributed by atoms with Crippen LogP contribution in [0.1, 0.15) is 39.5 Å². The number of ketones is 1. The van der Waals surface area contributed by atoms with Gasteiger partial charge in [0.1, 0.15) is 5.78 Å². The molecule has 1 nitrogen and oxygen atoms in total. The van der Waals surface area contributed by atoms with Crippen molar-refractivity contribution in [3.05, 3.63) is 0 Å². The van der Waals surface area contributed by atoms with Gasteiger partial charge in [-0.05, 0) is 43.1 Å². The van der Waals surface area contributed by atoms with E-state index in [-0.39, 0.29) is 0 Å². The van der Waals surface area contributed by atoms with E-state index in [1.54, 1.807) is 0 Å². The molecule has 2 unspecified atom stereocenters. The summed E-state index contributed by atoms with van der Waals surface area (Å²) >= 11 is 1.85. The lowest BCUT2D eigenvalue weighted by Crippen LogP contribution is -2.27. The van der Waals surface area contributed by atoms with Gasteiger partial charge in [0.15, 0.2) is 0 Å². The molecule has 0 heterocycles. The summed E-state index contributed by atoms with van der Waals surface area (Å²) in [6.45, 7) is 4.57. The third-order valence-corrected chi connectivity index (χ3v) is 4.06. The van der Waals surface area contributed by atoms with Gasteiger partial charge in [0, 0.05) is 12.3 Å². The summed E-state index contributed by atoms with van der Waals surface area (Å²) in [5, 5.41) is 0. The Labute approximate surface area is 92.0 Å². The summed E-state index contributed by atoms with van der Waals surface area (Å²) in [5.41, 5.74) is 0. The summed E-state index contributed by atoms with van der Waals surface area (Å²) < 4.78 is 0. The van der Waals surface area contributed by atoms with E-state index < -0.39 is 0 Å². The fourth-order valence-electron chi connectivity index (χ4n) is 2.29. The minimum atomic E-state index is 0.378. The molecule has 0 spiro atoms. The average molecular weight is 214 g/mol. The second kappa shape index (κ2) is 5.79. The van der Waals surface area contributed by atoms with Gasteiger partial charge in [-0.25, -0.2) is 0 Å². The molecule has 1 aliphatic rings. The molecule has 0 bridgehead atoms. The Morgan fingerprint density at radius 3 is 2.79 bits per heavy atom. The number of thioether (sulfide) groups is 1. The zero-order valence-corrected chi connectivity index (χ0v) is 10.4. The molecule has 0 aromatic rings. The van der Waals surface area contributed by atoms with Crippen molar-refractivity contribution in [2.24, 2.45) is 17.8 Å². The van der Waals surface area contributed by atoms with Gasteiger partial charge in [0.2, 0.25) is 0 Å². The Balaban J connectivity index is 2.42. The van der Waals surface area contributed by atoms with Crippen LogP contribution in [0, 0.1) is 17.8 Å². The minimum Gasteiger partial charge on any atom is -0.299 e. The monoisotopic (exact) mass is 214 g/mol. The predicted octanol–water partition coefficient (Wildman–Crippen LogP) is 3.38. The van der Waals surface area contributed by atoms with Crippen LogP contribution in [0.25, 0.3) is 0 Å². The van der Waals surface area contributed by atoms with Crippen LogP contribution in [-0.4, -0.2) is 17.8 Å². The third-order valence-electron chi connectivity index (χ3n) is 3.42. The quantitative estimate of drug-likeness (QED) is 0.713. The van der Waals surface area contributed by atoms with E-state index in [0.29, 0.717) is 11.7 Å². The summed E-state index contributed by atoms with van der Waals surface area (Å²) in [7, 11) is 0. The molecule has 2 atom stereocenters. The number of carbonyl (C=O) groups excluding carboxylic acids is 1. The number of Topliss-reactive ketones (excluding diaryl/α,β-unsaturated/α-hetero) is 1. The van der Waals surface area contributed by atoms with Crippen LogP contribution in [0.2, 0.25) is 0 Å². The first kappa shape index (κ1) is 12.1. The molecule has 14 heavy (non-hydrogen) atoms. The molecule has 0 radical (unpaired) electrons. The highest BCUT2D eigenvalue weighted by atomic mass is 32.2. The Hall–Kier alpha value is 0.0200. The first-order chi connectivity index (χ1) is 6.65. The van der Waals surface area contributed by atoms with Crippen LogP contribution >= 0.6 is 11.8 Å². The fourth-order valence-corrected chi connectivity index (χ4v) is 2.81. The SMILES string of the molecule is CSCCC1CC(C(C)C)CCC1=O. The van der Waals surface area contributed by atoms with Crippen LogP contribution in [-0.2, 0) is 4.79 Å². The van der Waals surface area contributed by atoms with Crippen LogP contribution < -0.4 is 0 Å². The maximum Gasteiger partial charge on any atom is 0.136 e. The number of hydrogen-bond acceptors (Lipinski definition) is 2. The van der Waals surface area contributed by atoms with Crippen molar-refractivity contribution in [2.75, 3.05) is 12.0 Å². The Bertz CT molecular complexity index is 189. The normalized spacial score (nSPS) is 28.4. The highest BCUT2D eigenvalue weighted by molar-refractivity contribution is 7.98. The smallest absolute Gasteiger partial charge is 0.136 e. The molecule has 0 N–H and O–H groups in total. The van der Waals surface area contributed by atoms with Crippen LogP contribution in [0.3, 0.4) is 0 Å². The molecule has 1 saturated carbocycles. The van der Waals surface area contributed by atoms with Gasteiger partial charge in [0.05, 0.1) is 0 Å². The summed E-state index contributed by atoms with van der Waals surface area (Å²) in [6.07, 6.45) is 6.33. The topological polar surface area (TPSA) is 17.1 Å². The van der Waals surface area contributed by atoms with E-state index >= 15 is 0 Å². The molecule has 0 aromatic carbocycles. The molecule has 1 aliphatic carbocycles. The predicted molar refractivity (Wildman–Crippen MR) is 63.7 cm³/mol. The molecule has 0 amide bonds. The van der Waals surface area contributed by atoms with Crippen molar-refractivity contribution in [2.45, 2.75) is 39.5 Å². The van der Waals surface area contributed by atoms with Crippen molar-refractivity contribution in [1.29, 1.82) is 0 Å². The Morgan fingerprint density at radius 2 is 2.21 bits per heavy atom. The number of hydrogen-bond donors (Lipinski definition) is 0. The van der Waals surface area contributed by atoms with E-state index in [1.165, 1.54) is 0 Å². The molecule has 0 aliphatic heterocycles. The van der Waals surface area contributed by atoms with Crippen molar-refractivity contribution in [3.8, 4) is 0 Å². The molecule has 0 saturated heterocycles. The maximum atomic E-state index is 11.7. The van der Waals surface area contributed by atoms with Crippen molar-refractivity contribution >= 4 is 17.5 Å². The zero-order valence-electron chi connectivity index (χ0n) is 9.58. The van der Waals surface area contributed by atoms with E-state index in [4.69, 9.17) is 0 Å². The maximum absolute atomic E-state index is 11.7. The van der Waals surface area contributed by atoms with Crippen molar-refractivity contribution in [1.82, 2.24) is 0 Å². The van der Waals surface area contributed by atoms with E-state index in [9.17, 15) is 4.79 Å². The lowest BCUT2D eigenvalue weighted by molar-refractivity contribution is -0.126. The van der Waals surface area contributed by atoms with Crippen LogP contribution in [0.4, 0.5) is 0 Å². The van der Waals surface area contributed by atoms with E-state index in [2.05, 4.69) is 20.1 Å². The second-order valence-corrected chi connectivity index (χ2v) is 5.71. The molecular formula is C12H22OS. The largest absolute Gasteiger partial charge is 0.299 e. The third kappa shape index (κ3) is 3.30. The van der Waals surface area contributed by atoms with Gasteiger partial charge >= 0.3 is 0 Å². The lowest BCUT2D eigenvalue weighted by Gasteiger charge is -2.30. The number of carbonyl (C=O) groups is 1. The summed E-state index contributed by atoms with van der Waals surface area (Å²) in [5.74, 6) is 3.58. The summed E-state index contributed by atoms with van der Waals surface area (Å²) in [4.78, 5) is 11.7. The van der Waals surface area contributed by atoms with Crippen LogP contribution in [0.15, 0.2) is 0 Å². The second-order valence-electron chi connectivity index (χ2n) is 4.72. The van der Waals surface area contributed by atoms with E-state index in [0.717, 1.165) is 43.3 Å². The molecule has 1 rings (SSSR count). The van der Waals surface area contributed by atoms with E-state index in [1.807, 2.05) is 11.8 Å². The molecule has 82 valence electrons. The standard InChI is InChI=1S/C12H22OS/c1-9(2)10-4-5-12(13)11(8-10)6-7-14-3/h9-11H,4-8H2,1-3H3. The van der Waals surface area contributed by atoms with Gasteiger partial charge in [-0.15, -0.1) is 0 Å². The van der Waals surface area contributed by atoms with Gasteiger partial charge < -0.3 is 0 Å². The molecule has 2 heteroatoms. The zero-order chi connectivity index (χ0) is 10.6. The van der Waals surface area contributed by atoms with Gasteiger partial charge in [-0.1, -0.05) is 13.8 Å². The minimum absolute atomic E-state index is 0.378. The first-order valence-corrected chi connectivity index (χ1v) is 7.06. The van der Waals surface area contributed by atoms with Gasteiger partial charge in [-0.2, -0.15) is 11.8 Å². The first-order valence-electron chi connectivity index (χ1n) is 5.66. The Morgan fingerprint density at radius 1 is 1.50 bits per heavy atom. The highest BCUT2D eigenvalue weighted by Crippen LogP contribution is 2.33. The van der Waals surface area contributed by atoms with Gasteiger partial charge in [-0.3, -0.25) is 4.79 Å². The van der Waals surface area contributed by atoms with Crippen molar-refractivity contribution < 1.29 is 4.79 Å². The fraction of sp³-hybridized carbons (Fsp3) is 0.917. The lowest BCUT2D eigenvalue weighted by atomic mass is 9.75. The highest BCUT2D eigenvalue weighted by Gasteiger charge is 2.29. The van der Waals surface area contributed by atoms with Crippen molar-refractivity contribution in [3.63, 3.8) is 0 Å². The summed E-state index contributed by atoms with van der Waals surface area (Å²) in [6, 6.07) is 0. The Kier molecular flexibility index (Phi) is 5.00. The molecule has 1 fully saturated rings. The number of rotatable bonds is 4. The molecular weight excluding hydrogens is 192 g/mol. The molecule has 0 aromatic heterocycles. The average Bonchev–Trinajstić information content (AvgIpc) is 2.16. The van der Waals surface area contributed by atoms with Crippen LogP contribution in [0.5, 0.6) is 0 Å². The van der Waals surface area contributed by atoms with Gasteiger partial charge in [0.25, 0.3) is 0 Å².